The Bertz CT molecular complexity index is 826. The van der Waals surface area contributed by atoms with Crippen LogP contribution in [-0.4, -0.2) is 31.1 Å². The molecule has 2 aromatic heterocycles. The fourth-order valence-electron chi connectivity index (χ4n) is 1.95. The van der Waals surface area contributed by atoms with Crippen molar-refractivity contribution >= 4 is 17.3 Å². The summed E-state index contributed by atoms with van der Waals surface area (Å²) in [5.74, 6) is -1.29. The van der Waals surface area contributed by atoms with Crippen LogP contribution in [0.15, 0.2) is 30.5 Å². The highest BCUT2D eigenvalue weighted by atomic mass is 32.1. The lowest BCUT2D eigenvalue weighted by atomic mass is 10.2. The number of hydrogen-bond donors (Lipinski definition) is 1. The number of carbonyl (C=O) groups is 1. The van der Waals surface area contributed by atoms with E-state index in [1.54, 1.807) is 29.9 Å². The molecular weight excluding hydrogens is 307 g/mol. The van der Waals surface area contributed by atoms with E-state index in [1.807, 2.05) is 0 Å². The van der Waals surface area contributed by atoms with E-state index >= 15 is 0 Å². The molecule has 3 aromatic rings. The molecule has 0 amide bonds. The van der Waals surface area contributed by atoms with Crippen LogP contribution >= 0.6 is 11.3 Å². The summed E-state index contributed by atoms with van der Waals surface area (Å²) >= 11 is 1.07. The van der Waals surface area contributed by atoms with E-state index in [1.165, 1.54) is 12.1 Å². The second-order valence-electron chi connectivity index (χ2n) is 4.67. The van der Waals surface area contributed by atoms with Crippen molar-refractivity contribution in [1.29, 1.82) is 0 Å². The van der Waals surface area contributed by atoms with Crippen molar-refractivity contribution in [2.24, 2.45) is 0 Å². The maximum Gasteiger partial charge on any atom is 0.347 e. The number of benzene rings is 1. The van der Waals surface area contributed by atoms with Crippen molar-refractivity contribution in [2.75, 3.05) is 0 Å². The van der Waals surface area contributed by atoms with Crippen LogP contribution in [0.3, 0.4) is 0 Å². The second-order valence-corrected chi connectivity index (χ2v) is 5.67. The Morgan fingerprint density at radius 2 is 2.09 bits per heavy atom. The molecule has 0 saturated heterocycles. The fourth-order valence-corrected chi connectivity index (χ4v) is 2.81. The van der Waals surface area contributed by atoms with Crippen LogP contribution in [0, 0.1) is 12.7 Å². The third-order valence-electron chi connectivity index (χ3n) is 3.01. The first-order valence-corrected chi connectivity index (χ1v) is 7.20. The van der Waals surface area contributed by atoms with Gasteiger partial charge in [0.1, 0.15) is 21.4 Å². The zero-order valence-corrected chi connectivity index (χ0v) is 12.3. The number of aromatic carboxylic acids is 1. The summed E-state index contributed by atoms with van der Waals surface area (Å²) in [6.45, 7) is 2.09. The van der Waals surface area contributed by atoms with Gasteiger partial charge in [-0.15, -0.1) is 16.4 Å². The van der Waals surface area contributed by atoms with Gasteiger partial charge < -0.3 is 5.11 Å². The van der Waals surface area contributed by atoms with Crippen LogP contribution < -0.4 is 0 Å². The minimum absolute atomic E-state index is 0.197. The van der Waals surface area contributed by atoms with Gasteiger partial charge in [-0.3, -0.25) is 0 Å². The van der Waals surface area contributed by atoms with Crippen LogP contribution in [0.5, 0.6) is 0 Å². The van der Waals surface area contributed by atoms with E-state index in [0.29, 0.717) is 22.9 Å². The van der Waals surface area contributed by atoms with Crippen LogP contribution in [0.25, 0.3) is 10.7 Å². The summed E-state index contributed by atoms with van der Waals surface area (Å²) in [5.41, 5.74) is 1.86. The number of nitrogens with zero attached hydrogens (tertiary/aromatic N) is 4. The van der Waals surface area contributed by atoms with E-state index in [0.717, 1.165) is 16.9 Å². The highest BCUT2D eigenvalue weighted by Crippen LogP contribution is 2.26. The van der Waals surface area contributed by atoms with Gasteiger partial charge in [0.25, 0.3) is 0 Å². The summed E-state index contributed by atoms with van der Waals surface area (Å²) in [7, 11) is 0. The molecule has 0 aliphatic rings. The van der Waals surface area contributed by atoms with E-state index in [4.69, 9.17) is 5.11 Å². The predicted molar refractivity (Wildman–Crippen MR) is 78.3 cm³/mol. The Balaban J connectivity index is 1.83. The molecule has 0 saturated carbocycles. The average Bonchev–Trinajstić information content (AvgIpc) is 3.08. The van der Waals surface area contributed by atoms with E-state index in [-0.39, 0.29) is 10.7 Å². The lowest BCUT2D eigenvalue weighted by molar-refractivity contribution is 0.0701. The van der Waals surface area contributed by atoms with Gasteiger partial charge in [-0.05, 0) is 24.6 Å². The molecule has 0 spiro atoms. The van der Waals surface area contributed by atoms with E-state index in [9.17, 15) is 9.18 Å². The van der Waals surface area contributed by atoms with Gasteiger partial charge in [0.2, 0.25) is 0 Å². The zero-order valence-electron chi connectivity index (χ0n) is 11.5. The minimum atomic E-state index is -1.00. The molecule has 0 fully saturated rings. The third kappa shape index (κ3) is 2.86. The quantitative estimate of drug-likeness (QED) is 0.799. The van der Waals surface area contributed by atoms with E-state index in [2.05, 4.69) is 15.3 Å². The first kappa shape index (κ1) is 14.3. The standard InChI is InChI=1S/C14H11FN4O2S/c1-8-12(14(20)21)22-13(16-8)11-7-19(18-17-11)6-9-2-4-10(15)5-3-9/h2-5,7H,6H2,1H3,(H,20,21). The normalized spacial score (nSPS) is 10.8. The van der Waals surface area contributed by atoms with Crippen molar-refractivity contribution in [3.05, 3.63) is 52.4 Å². The maximum absolute atomic E-state index is 12.9. The molecule has 3 rings (SSSR count). The second kappa shape index (κ2) is 5.64. The summed E-state index contributed by atoms with van der Waals surface area (Å²) in [4.78, 5) is 15.4. The van der Waals surface area contributed by atoms with Gasteiger partial charge in [-0.1, -0.05) is 17.3 Å². The van der Waals surface area contributed by atoms with Crippen molar-refractivity contribution < 1.29 is 14.3 Å². The Hall–Kier alpha value is -2.61. The number of halogens is 1. The monoisotopic (exact) mass is 318 g/mol. The largest absolute Gasteiger partial charge is 0.477 e. The first-order chi connectivity index (χ1) is 10.5. The highest BCUT2D eigenvalue weighted by Gasteiger charge is 2.17. The van der Waals surface area contributed by atoms with Gasteiger partial charge in [0.05, 0.1) is 18.4 Å². The van der Waals surface area contributed by atoms with Crippen LogP contribution in [-0.2, 0) is 6.54 Å². The zero-order chi connectivity index (χ0) is 15.7. The molecule has 1 N–H and O–H groups in total. The van der Waals surface area contributed by atoms with Crippen LogP contribution in [0.2, 0.25) is 0 Å². The smallest absolute Gasteiger partial charge is 0.347 e. The summed E-state index contributed by atoms with van der Waals surface area (Å²) in [5, 5.41) is 17.6. The lowest BCUT2D eigenvalue weighted by Gasteiger charge is -1.99. The number of aryl methyl sites for hydroxylation is 1. The Morgan fingerprint density at radius 3 is 2.73 bits per heavy atom. The van der Waals surface area contributed by atoms with Gasteiger partial charge in [-0.2, -0.15) is 0 Å². The molecule has 112 valence electrons. The van der Waals surface area contributed by atoms with Crippen molar-refractivity contribution in [2.45, 2.75) is 13.5 Å². The summed E-state index contributed by atoms with van der Waals surface area (Å²) < 4.78 is 14.5. The van der Waals surface area contributed by atoms with Crippen molar-refractivity contribution in [3.8, 4) is 10.7 Å². The van der Waals surface area contributed by atoms with Crippen molar-refractivity contribution in [1.82, 2.24) is 20.0 Å². The number of carboxylic acids is 1. The van der Waals surface area contributed by atoms with Crippen LogP contribution in [0.4, 0.5) is 4.39 Å². The molecule has 1 aromatic carbocycles. The molecule has 0 aliphatic carbocycles. The lowest BCUT2D eigenvalue weighted by Crippen LogP contribution is -2.00. The van der Waals surface area contributed by atoms with Gasteiger partial charge in [0, 0.05) is 0 Å². The summed E-state index contributed by atoms with van der Waals surface area (Å²) in [6.07, 6.45) is 1.69. The molecule has 0 unspecified atom stereocenters. The molecule has 6 nitrogen and oxygen atoms in total. The molecule has 0 bridgehead atoms. The van der Waals surface area contributed by atoms with Gasteiger partial charge >= 0.3 is 5.97 Å². The minimum Gasteiger partial charge on any atom is -0.477 e. The number of thiazole rings is 1. The Labute approximate surface area is 128 Å². The third-order valence-corrected chi connectivity index (χ3v) is 4.17. The molecule has 8 heteroatoms. The van der Waals surface area contributed by atoms with Gasteiger partial charge in [-0.25, -0.2) is 18.9 Å². The molecule has 22 heavy (non-hydrogen) atoms. The molecule has 0 radical (unpaired) electrons. The van der Waals surface area contributed by atoms with Crippen molar-refractivity contribution in [3.63, 3.8) is 0 Å². The topological polar surface area (TPSA) is 80.9 Å². The maximum atomic E-state index is 12.9. The molecular formula is C14H11FN4O2S. The SMILES string of the molecule is Cc1nc(-c2cn(Cc3ccc(F)cc3)nn2)sc1C(=O)O. The Morgan fingerprint density at radius 1 is 1.36 bits per heavy atom. The van der Waals surface area contributed by atoms with E-state index < -0.39 is 5.97 Å². The molecule has 0 aliphatic heterocycles. The van der Waals surface area contributed by atoms with Crippen LogP contribution in [0.1, 0.15) is 20.9 Å². The average molecular weight is 318 g/mol. The Kier molecular flexibility index (Phi) is 3.68. The number of rotatable bonds is 4. The molecule has 0 atom stereocenters. The highest BCUT2D eigenvalue weighted by molar-refractivity contribution is 7.16. The summed E-state index contributed by atoms with van der Waals surface area (Å²) in [6, 6.07) is 6.12. The number of aromatic nitrogens is 4. The first-order valence-electron chi connectivity index (χ1n) is 6.38. The fraction of sp³-hybridized carbons (Fsp3) is 0.143. The number of hydrogen-bond acceptors (Lipinski definition) is 5. The molecule has 2 heterocycles. The predicted octanol–water partition coefficient (Wildman–Crippen LogP) is 2.60. The number of carboxylic acid groups (broad SMARTS) is 1. The van der Waals surface area contributed by atoms with Gasteiger partial charge in [0.15, 0.2) is 0 Å².